The Morgan fingerprint density at radius 2 is 1.95 bits per heavy atom. The first-order chi connectivity index (χ1) is 10.4. The third-order valence-electron chi connectivity index (χ3n) is 4.38. The summed E-state index contributed by atoms with van der Waals surface area (Å²) < 4.78 is 10.4. The number of methoxy groups -OCH3 is 2. The molecule has 1 amide bonds. The molecule has 1 aliphatic rings. The average molecular weight is 307 g/mol. The number of hydrogen-bond acceptors (Lipinski definition) is 4. The molecular weight excluding hydrogens is 286 g/mol. The van der Waals surface area contributed by atoms with Crippen LogP contribution in [0.15, 0.2) is 18.2 Å². The predicted molar refractivity (Wildman–Crippen MR) is 81.5 cm³/mol. The molecule has 1 fully saturated rings. The van der Waals surface area contributed by atoms with Crippen LogP contribution in [0.3, 0.4) is 0 Å². The molecule has 120 valence electrons. The number of nitrogens with zero attached hydrogens (tertiary/aromatic N) is 1. The van der Waals surface area contributed by atoms with E-state index in [0.717, 1.165) is 6.42 Å². The van der Waals surface area contributed by atoms with Gasteiger partial charge in [0.25, 0.3) is 0 Å². The first-order valence-electron chi connectivity index (χ1n) is 7.15. The van der Waals surface area contributed by atoms with Gasteiger partial charge in [0.2, 0.25) is 5.91 Å². The molecule has 0 saturated heterocycles. The molecule has 1 aliphatic carbocycles. The maximum Gasteiger partial charge on any atom is 0.310 e. The smallest absolute Gasteiger partial charge is 0.310 e. The van der Waals surface area contributed by atoms with Gasteiger partial charge in [-0.1, -0.05) is 6.42 Å². The van der Waals surface area contributed by atoms with E-state index in [9.17, 15) is 14.7 Å². The molecule has 0 spiro atoms. The molecule has 0 atom stereocenters. The lowest BCUT2D eigenvalue weighted by Gasteiger charge is -2.38. The van der Waals surface area contributed by atoms with Crippen molar-refractivity contribution in [3.8, 4) is 11.5 Å². The number of carbonyl (C=O) groups is 2. The van der Waals surface area contributed by atoms with Crippen LogP contribution in [-0.2, 0) is 9.59 Å². The lowest BCUT2D eigenvalue weighted by molar-refractivity contribution is -0.157. The van der Waals surface area contributed by atoms with Gasteiger partial charge in [-0.05, 0) is 25.0 Å². The number of hydrogen-bond donors (Lipinski definition) is 1. The lowest BCUT2D eigenvalue weighted by Crippen LogP contribution is -2.43. The van der Waals surface area contributed by atoms with Crippen LogP contribution in [0.25, 0.3) is 0 Å². The van der Waals surface area contributed by atoms with E-state index in [-0.39, 0.29) is 12.3 Å². The van der Waals surface area contributed by atoms with E-state index in [2.05, 4.69) is 0 Å². The van der Waals surface area contributed by atoms with Gasteiger partial charge in [0.05, 0.1) is 25.3 Å². The molecule has 0 heterocycles. The summed E-state index contributed by atoms with van der Waals surface area (Å²) in [5.74, 6) is 0.0170. The molecule has 0 radical (unpaired) electrons. The zero-order valence-electron chi connectivity index (χ0n) is 13.1. The minimum Gasteiger partial charge on any atom is -0.497 e. The van der Waals surface area contributed by atoms with Crippen LogP contribution in [0.1, 0.15) is 25.7 Å². The van der Waals surface area contributed by atoms with Crippen LogP contribution >= 0.6 is 0 Å². The zero-order chi connectivity index (χ0) is 16.3. The molecule has 6 heteroatoms. The van der Waals surface area contributed by atoms with Gasteiger partial charge in [-0.3, -0.25) is 9.59 Å². The first-order valence-corrected chi connectivity index (χ1v) is 7.15. The Morgan fingerprint density at radius 1 is 1.27 bits per heavy atom. The highest BCUT2D eigenvalue weighted by Gasteiger charge is 2.46. The molecule has 0 aromatic heterocycles. The predicted octanol–water partition coefficient (Wildman–Crippen LogP) is 2.31. The van der Waals surface area contributed by atoms with E-state index >= 15 is 0 Å². The van der Waals surface area contributed by atoms with Crippen molar-refractivity contribution < 1.29 is 24.2 Å². The number of anilines is 1. The quantitative estimate of drug-likeness (QED) is 0.872. The van der Waals surface area contributed by atoms with Gasteiger partial charge in [-0.2, -0.15) is 0 Å². The molecule has 0 bridgehead atoms. The van der Waals surface area contributed by atoms with Crippen LogP contribution in [0.2, 0.25) is 0 Å². The summed E-state index contributed by atoms with van der Waals surface area (Å²) in [6.07, 6.45) is 1.98. The lowest BCUT2D eigenvalue weighted by atomic mass is 9.66. The van der Waals surface area contributed by atoms with Crippen LogP contribution < -0.4 is 14.4 Å². The Kier molecular flexibility index (Phi) is 4.59. The summed E-state index contributed by atoms with van der Waals surface area (Å²) >= 11 is 0. The highest BCUT2D eigenvalue weighted by Crippen LogP contribution is 2.45. The molecule has 1 saturated carbocycles. The summed E-state index contributed by atoms with van der Waals surface area (Å²) in [5, 5.41) is 9.34. The highest BCUT2D eigenvalue weighted by molar-refractivity contribution is 5.97. The SMILES string of the molecule is COc1ccc(N(C)C(=O)CC2(C(=O)O)CCC2)c(OC)c1. The van der Waals surface area contributed by atoms with Crippen molar-refractivity contribution in [1.82, 2.24) is 0 Å². The number of ether oxygens (including phenoxy) is 2. The second-order valence-electron chi connectivity index (χ2n) is 5.61. The normalized spacial score (nSPS) is 15.6. The maximum atomic E-state index is 12.5. The van der Waals surface area contributed by atoms with E-state index in [4.69, 9.17) is 9.47 Å². The molecule has 0 aliphatic heterocycles. The van der Waals surface area contributed by atoms with Crippen molar-refractivity contribution >= 4 is 17.6 Å². The second-order valence-corrected chi connectivity index (χ2v) is 5.61. The van der Waals surface area contributed by atoms with Gasteiger partial charge in [-0.15, -0.1) is 0 Å². The Bertz CT molecular complexity index is 580. The fraction of sp³-hybridized carbons (Fsp3) is 0.500. The van der Waals surface area contributed by atoms with Crippen LogP contribution in [0.5, 0.6) is 11.5 Å². The summed E-state index contributed by atoms with van der Waals surface area (Å²) in [6.45, 7) is 0. The van der Waals surface area contributed by atoms with Gasteiger partial charge >= 0.3 is 5.97 Å². The summed E-state index contributed by atoms with van der Waals surface area (Å²) in [7, 11) is 4.69. The first kappa shape index (κ1) is 16.1. The third-order valence-corrected chi connectivity index (χ3v) is 4.38. The number of rotatable bonds is 6. The number of amides is 1. The summed E-state index contributed by atoms with van der Waals surface area (Å²) in [5.41, 5.74) is -0.307. The van der Waals surface area contributed by atoms with Crippen molar-refractivity contribution in [3.05, 3.63) is 18.2 Å². The monoisotopic (exact) mass is 307 g/mol. The Balaban J connectivity index is 2.18. The molecule has 22 heavy (non-hydrogen) atoms. The Morgan fingerprint density at radius 3 is 2.41 bits per heavy atom. The minimum atomic E-state index is -0.898. The van der Waals surface area contributed by atoms with Crippen LogP contribution in [-0.4, -0.2) is 38.3 Å². The molecule has 1 aromatic rings. The van der Waals surface area contributed by atoms with Crippen molar-refractivity contribution in [2.45, 2.75) is 25.7 Å². The van der Waals surface area contributed by atoms with Gasteiger partial charge in [0, 0.05) is 19.5 Å². The fourth-order valence-corrected chi connectivity index (χ4v) is 2.67. The largest absolute Gasteiger partial charge is 0.497 e. The van der Waals surface area contributed by atoms with Gasteiger partial charge in [0.15, 0.2) is 0 Å². The average Bonchev–Trinajstić information content (AvgIpc) is 2.48. The standard InChI is InChI=1S/C16H21NO5/c1-17(12-6-5-11(21-2)9-13(12)22-3)14(18)10-16(15(19)20)7-4-8-16/h5-6,9H,4,7-8,10H2,1-3H3,(H,19,20). The molecular formula is C16H21NO5. The van der Waals surface area contributed by atoms with Crippen molar-refractivity contribution in [1.29, 1.82) is 0 Å². The van der Waals surface area contributed by atoms with E-state index in [1.165, 1.54) is 12.0 Å². The third kappa shape index (κ3) is 2.86. The highest BCUT2D eigenvalue weighted by atomic mass is 16.5. The van der Waals surface area contributed by atoms with Crippen molar-refractivity contribution in [3.63, 3.8) is 0 Å². The van der Waals surface area contributed by atoms with Gasteiger partial charge < -0.3 is 19.5 Å². The van der Waals surface area contributed by atoms with E-state index in [1.54, 1.807) is 32.4 Å². The second kappa shape index (κ2) is 6.25. The maximum absolute atomic E-state index is 12.5. The number of carbonyl (C=O) groups excluding carboxylic acids is 1. The molecule has 2 rings (SSSR count). The molecule has 6 nitrogen and oxygen atoms in total. The van der Waals surface area contributed by atoms with Crippen molar-refractivity contribution in [2.75, 3.05) is 26.2 Å². The van der Waals surface area contributed by atoms with Gasteiger partial charge in [0.1, 0.15) is 11.5 Å². The number of carboxylic acids is 1. The van der Waals surface area contributed by atoms with Gasteiger partial charge in [-0.25, -0.2) is 0 Å². The topological polar surface area (TPSA) is 76.1 Å². The van der Waals surface area contributed by atoms with Crippen molar-refractivity contribution in [2.24, 2.45) is 5.41 Å². The summed E-state index contributed by atoms with van der Waals surface area (Å²) in [6, 6.07) is 5.15. The molecule has 1 N–H and O–H groups in total. The van der Waals surface area contributed by atoms with E-state index in [1.807, 2.05) is 0 Å². The minimum absolute atomic E-state index is 0.00795. The van der Waals surface area contributed by atoms with E-state index < -0.39 is 11.4 Å². The zero-order valence-corrected chi connectivity index (χ0v) is 13.1. The number of aliphatic carboxylic acids is 1. The fourth-order valence-electron chi connectivity index (χ4n) is 2.67. The number of carboxylic acid groups (broad SMARTS) is 1. The summed E-state index contributed by atoms with van der Waals surface area (Å²) in [4.78, 5) is 25.3. The molecule has 0 unspecified atom stereocenters. The Labute approximate surface area is 129 Å². The Hall–Kier alpha value is -2.24. The van der Waals surface area contributed by atoms with Crippen LogP contribution in [0.4, 0.5) is 5.69 Å². The van der Waals surface area contributed by atoms with E-state index in [0.29, 0.717) is 30.0 Å². The number of benzene rings is 1. The van der Waals surface area contributed by atoms with Crippen LogP contribution in [0, 0.1) is 5.41 Å². The molecule has 1 aromatic carbocycles.